The number of hydrogen-bond donors (Lipinski definition) is 0. The number of carbonyl (C=O) groups excluding carboxylic acids is 2. The van der Waals surface area contributed by atoms with E-state index in [9.17, 15) is 9.59 Å². The number of benzene rings is 1. The molecule has 0 aromatic heterocycles. The third kappa shape index (κ3) is 2.36. The maximum absolute atomic E-state index is 12.9. The lowest BCUT2D eigenvalue weighted by Crippen LogP contribution is -2.63. The molecule has 0 N–H and O–H groups in total. The van der Waals surface area contributed by atoms with E-state index in [1.165, 1.54) is 4.90 Å². The van der Waals surface area contributed by atoms with Crippen molar-refractivity contribution >= 4 is 11.8 Å². The Labute approximate surface area is 148 Å². The molecule has 5 rings (SSSR count). The van der Waals surface area contributed by atoms with Crippen LogP contribution in [0, 0.1) is 23.2 Å². The second-order valence-electron chi connectivity index (χ2n) is 8.13. The molecule has 1 aromatic rings. The van der Waals surface area contributed by atoms with Crippen molar-refractivity contribution in [2.75, 3.05) is 20.5 Å². The summed E-state index contributed by atoms with van der Waals surface area (Å²) in [5.41, 5.74) is 1.31. The van der Waals surface area contributed by atoms with Crippen LogP contribution in [0.4, 0.5) is 0 Å². The van der Waals surface area contributed by atoms with Crippen molar-refractivity contribution < 1.29 is 19.1 Å². The summed E-state index contributed by atoms with van der Waals surface area (Å²) in [6.07, 6.45) is 2.03. The number of hydrogen-bond acceptors (Lipinski definition) is 4. The molecule has 1 unspecified atom stereocenters. The molecule has 5 heteroatoms. The van der Waals surface area contributed by atoms with Gasteiger partial charge in [0.15, 0.2) is 0 Å². The van der Waals surface area contributed by atoms with Crippen molar-refractivity contribution in [3.05, 3.63) is 35.4 Å². The van der Waals surface area contributed by atoms with Crippen LogP contribution in [0.2, 0.25) is 0 Å². The van der Waals surface area contributed by atoms with Crippen molar-refractivity contribution in [1.29, 1.82) is 0 Å². The van der Waals surface area contributed by atoms with Gasteiger partial charge in [-0.1, -0.05) is 26.0 Å². The largest absolute Gasteiger partial charge is 0.359 e. The van der Waals surface area contributed by atoms with Crippen LogP contribution in [-0.2, 0) is 9.47 Å². The number of fused-ring (bicyclic) bond motifs is 3. The molecular weight excluding hydrogens is 318 g/mol. The van der Waals surface area contributed by atoms with Gasteiger partial charge in [0, 0.05) is 19.1 Å². The summed E-state index contributed by atoms with van der Waals surface area (Å²) in [5.74, 6) is 0.892. The Balaban J connectivity index is 1.63. The van der Waals surface area contributed by atoms with Gasteiger partial charge in [-0.2, -0.15) is 0 Å². The zero-order valence-electron chi connectivity index (χ0n) is 15.0. The van der Waals surface area contributed by atoms with Gasteiger partial charge in [-0.25, -0.2) is 0 Å². The van der Waals surface area contributed by atoms with Crippen molar-refractivity contribution in [3.63, 3.8) is 0 Å². The van der Waals surface area contributed by atoms with E-state index in [1.807, 2.05) is 12.1 Å². The number of methoxy groups -OCH3 is 1. The highest BCUT2D eigenvalue weighted by molar-refractivity contribution is 6.21. The summed E-state index contributed by atoms with van der Waals surface area (Å²) in [7, 11) is 1.60. The minimum Gasteiger partial charge on any atom is -0.359 e. The lowest BCUT2D eigenvalue weighted by atomic mass is 9.44. The quantitative estimate of drug-likeness (QED) is 0.469. The highest BCUT2D eigenvalue weighted by Gasteiger charge is 2.60. The molecule has 1 aromatic carbocycles. The van der Waals surface area contributed by atoms with Gasteiger partial charge in [0.25, 0.3) is 11.8 Å². The zero-order chi connectivity index (χ0) is 17.8. The molecule has 0 saturated heterocycles. The van der Waals surface area contributed by atoms with E-state index in [-0.39, 0.29) is 36.0 Å². The average molecular weight is 343 g/mol. The van der Waals surface area contributed by atoms with E-state index in [2.05, 4.69) is 13.8 Å². The van der Waals surface area contributed by atoms with E-state index >= 15 is 0 Å². The number of imide groups is 1. The van der Waals surface area contributed by atoms with Crippen LogP contribution in [-0.4, -0.2) is 43.3 Å². The molecule has 3 aliphatic carbocycles. The Bertz CT molecular complexity index is 678. The van der Waals surface area contributed by atoms with Gasteiger partial charge < -0.3 is 9.47 Å². The fourth-order valence-corrected chi connectivity index (χ4v) is 5.22. The summed E-state index contributed by atoms with van der Waals surface area (Å²) in [5, 5.41) is 0. The molecule has 2 bridgehead atoms. The Morgan fingerprint density at radius 3 is 2.32 bits per heavy atom. The number of amides is 2. The second-order valence-corrected chi connectivity index (χ2v) is 8.13. The smallest absolute Gasteiger partial charge is 0.261 e. The molecule has 4 aliphatic rings. The Kier molecular flexibility index (Phi) is 3.96. The van der Waals surface area contributed by atoms with Crippen LogP contribution < -0.4 is 0 Å². The Hall–Kier alpha value is -1.72. The molecule has 0 radical (unpaired) electrons. The van der Waals surface area contributed by atoms with E-state index in [0.717, 1.165) is 12.8 Å². The van der Waals surface area contributed by atoms with Crippen LogP contribution >= 0.6 is 0 Å². The maximum atomic E-state index is 12.9. The first-order valence-electron chi connectivity index (χ1n) is 9.00. The highest BCUT2D eigenvalue weighted by Crippen LogP contribution is 2.62. The molecule has 2 amide bonds. The van der Waals surface area contributed by atoms with Gasteiger partial charge in [-0.05, 0) is 42.2 Å². The average Bonchev–Trinajstić information content (AvgIpc) is 2.86. The van der Waals surface area contributed by atoms with Crippen molar-refractivity contribution in [3.8, 4) is 0 Å². The standard InChI is InChI=1S/C20H25NO4/c1-20(2)12-8-16(20)15(10-25-11-24-3)17(9-12)21-18(22)13-6-4-5-7-14(13)19(21)23/h4-7,12,15-17H,8-11H2,1-3H3/t12-,15-,16+,17?/m1/s1. The molecular formula is C20H25NO4. The molecule has 1 heterocycles. The SMILES string of the molecule is COCOC[C@H]1C(N2C(=O)c3ccccc3C2=O)C[C@H]2C[C@@H]1C2(C)C. The van der Waals surface area contributed by atoms with Crippen LogP contribution in [0.5, 0.6) is 0 Å². The van der Waals surface area contributed by atoms with Crippen LogP contribution in [0.25, 0.3) is 0 Å². The number of ether oxygens (including phenoxy) is 2. The van der Waals surface area contributed by atoms with Gasteiger partial charge >= 0.3 is 0 Å². The molecule has 3 saturated carbocycles. The molecule has 3 fully saturated rings. The normalized spacial score (nSPS) is 32.5. The maximum Gasteiger partial charge on any atom is 0.261 e. The van der Waals surface area contributed by atoms with Crippen LogP contribution in [0.15, 0.2) is 24.3 Å². The summed E-state index contributed by atoms with van der Waals surface area (Å²) in [4.78, 5) is 27.3. The Morgan fingerprint density at radius 1 is 1.12 bits per heavy atom. The molecule has 0 spiro atoms. The van der Waals surface area contributed by atoms with Gasteiger partial charge in [0.2, 0.25) is 0 Å². The van der Waals surface area contributed by atoms with Gasteiger partial charge in [-0.15, -0.1) is 0 Å². The van der Waals surface area contributed by atoms with Gasteiger partial charge in [0.05, 0.1) is 17.7 Å². The Morgan fingerprint density at radius 2 is 1.76 bits per heavy atom. The van der Waals surface area contributed by atoms with Crippen LogP contribution in [0.3, 0.4) is 0 Å². The third-order valence-corrected chi connectivity index (χ3v) is 6.75. The predicted molar refractivity (Wildman–Crippen MR) is 92.0 cm³/mol. The van der Waals surface area contributed by atoms with Crippen molar-refractivity contribution in [1.82, 2.24) is 4.90 Å². The van der Waals surface area contributed by atoms with E-state index < -0.39 is 0 Å². The molecule has 4 atom stereocenters. The highest BCUT2D eigenvalue weighted by atomic mass is 16.7. The fraction of sp³-hybridized carbons (Fsp3) is 0.600. The van der Waals surface area contributed by atoms with Gasteiger partial charge in [-0.3, -0.25) is 14.5 Å². The first kappa shape index (κ1) is 16.7. The van der Waals surface area contributed by atoms with E-state index in [0.29, 0.717) is 29.6 Å². The summed E-state index contributed by atoms with van der Waals surface area (Å²) in [6, 6.07) is 7.04. The minimum absolute atomic E-state index is 0.0824. The van der Waals surface area contributed by atoms with Crippen molar-refractivity contribution in [2.45, 2.75) is 32.7 Å². The molecule has 1 aliphatic heterocycles. The van der Waals surface area contributed by atoms with Gasteiger partial charge in [0.1, 0.15) is 6.79 Å². The van der Waals surface area contributed by atoms with Crippen molar-refractivity contribution in [2.24, 2.45) is 23.2 Å². The topological polar surface area (TPSA) is 55.8 Å². The van der Waals surface area contributed by atoms with Crippen LogP contribution in [0.1, 0.15) is 47.4 Å². The minimum atomic E-state index is -0.151. The first-order valence-corrected chi connectivity index (χ1v) is 9.00. The second kappa shape index (κ2) is 5.92. The number of carbonyl (C=O) groups is 2. The summed E-state index contributed by atoms with van der Waals surface area (Å²) < 4.78 is 10.7. The zero-order valence-corrected chi connectivity index (χ0v) is 15.0. The molecule has 5 nitrogen and oxygen atoms in total. The monoisotopic (exact) mass is 343 g/mol. The lowest BCUT2D eigenvalue weighted by molar-refractivity contribution is -0.161. The fourth-order valence-electron chi connectivity index (χ4n) is 5.22. The summed E-state index contributed by atoms with van der Waals surface area (Å²) >= 11 is 0. The number of rotatable bonds is 5. The third-order valence-electron chi connectivity index (χ3n) is 6.75. The first-order chi connectivity index (χ1) is 12.0. The molecule has 134 valence electrons. The lowest BCUT2D eigenvalue weighted by Gasteiger charge is -2.63. The molecule has 25 heavy (non-hydrogen) atoms. The van der Waals surface area contributed by atoms with E-state index in [1.54, 1.807) is 19.2 Å². The predicted octanol–water partition coefficient (Wildman–Crippen LogP) is 2.95. The van der Waals surface area contributed by atoms with E-state index in [4.69, 9.17) is 9.47 Å². The summed E-state index contributed by atoms with van der Waals surface area (Å²) in [6.45, 7) is 5.36. The number of nitrogens with zero attached hydrogens (tertiary/aromatic N) is 1.